The average Bonchev–Trinajstić information content (AvgIpc) is 2.50. The summed E-state index contributed by atoms with van der Waals surface area (Å²) in [5.74, 6) is -0.0415. The first-order valence-electron chi connectivity index (χ1n) is 6.87. The highest BCUT2D eigenvalue weighted by molar-refractivity contribution is 6.30. The molecule has 5 heteroatoms. The third-order valence-corrected chi connectivity index (χ3v) is 3.58. The van der Waals surface area contributed by atoms with Crippen molar-refractivity contribution in [2.45, 2.75) is 19.4 Å². The molecule has 1 N–H and O–H groups in total. The fraction of sp³-hybridized carbons (Fsp3) is 0.235. The van der Waals surface area contributed by atoms with Gasteiger partial charge in [0.1, 0.15) is 11.6 Å². The number of halogens is 2. The second-order valence-electron chi connectivity index (χ2n) is 4.94. The van der Waals surface area contributed by atoms with Crippen LogP contribution in [0.3, 0.4) is 0 Å². The van der Waals surface area contributed by atoms with Crippen LogP contribution < -0.4 is 10.1 Å². The molecular weight excluding hydrogens is 305 g/mol. The molecule has 3 nitrogen and oxygen atoms in total. The average molecular weight is 322 g/mol. The molecule has 0 saturated carbocycles. The molecule has 1 amide bonds. The summed E-state index contributed by atoms with van der Waals surface area (Å²) in [6.45, 7) is 1.86. The van der Waals surface area contributed by atoms with E-state index in [-0.39, 0.29) is 18.4 Å². The zero-order valence-electron chi connectivity index (χ0n) is 12.4. The molecule has 2 rings (SSSR count). The Morgan fingerprint density at radius 2 is 2.05 bits per heavy atom. The van der Waals surface area contributed by atoms with Gasteiger partial charge in [0.05, 0.1) is 19.6 Å². The molecule has 0 bridgehead atoms. The van der Waals surface area contributed by atoms with Crippen molar-refractivity contribution in [2.75, 3.05) is 7.11 Å². The van der Waals surface area contributed by atoms with E-state index in [1.165, 1.54) is 12.1 Å². The van der Waals surface area contributed by atoms with Crippen molar-refractivity contribution in [1.29, 1.82) is 0 Å². The van der Waals surface area contributed by atoms with Gasteiger partial charge in [-0.3, -0.25) is 4.79 Å². The molecular formula is C17H17ClFNO2. The fourth-order valence-electron chi connectivity index (χ4n) is 2.23. The third-order valence-electron chi connectivity index (χ3n) is 3.35. The molecule has 2 aromatic carbocycles. The number of benzene rings is 2. The molecule has 0 spiro atoms. The largest absolute Gasteiger partial charge is 0.496 e. The minimum atomic E-state index is -0.479. The van der Waals surface area contributed by atoms with Crippen LogP contribution in [0.1, 0.15) is 24.1 Å². The SMILES string of the molecule is COc1ccccc1[C@H](C)NC(=O)Cc1ccc(Cl)cc1F. The van der Waals surface area contributed by atoms with Crippen LogP contribution in [-0.4, -0.2) is 13.0 Å². The molecule has 0 aliphatic carbocycles. The number of ether oxygens (including phenoxy) is 1. The zero-order chi connectivity index (χ0) is 16.1. The predicted molar refractivity (Wildman–Crippen MR) is 84.7 cm³/mol. The molecule has 0 fully saturated rings. The summed E-state index contributed by atoms with van der Waals surface area (Å²) in [5.41, 5.74) is 1.18. The first-order chi connectivity index (χ1) is 10.5. The number of hydrogen-bond donors (Lipinski definition) is 1. The van der Waals surface area contributed by atoms with Crippen molar-refractivity contribution < 1.29 is 13.9 Å². The molecule has 0 unspecified atom stereocenters. The Hall–Kier alpha value is -2.07. The van der Waals surface area contributed by atoms with E-state index in [1.54, 1.807) is 13.2 Å². The Morgan fingerprint density at radius 3 is 2.73 bits per heavy atom. The molecule has 2 aromatic rings. The molecule has 0 aliphatic rings. The zero-order valence-corrected chi connectivity index (χ0v) is 13.2. The van der Waals surface area contributed by atoms with Crippen LogP contribution in [0.2, 0.25) is 5.02 Å². The van der Waals surface area contributed by atoms with E-state index in [1.807, 2.05) is 31.2 Å². The van der Waals surface area contributed by atoms with E-state index in [9.17, 15) is 9.18 Å². The Kier molecular flexibility index (Phi) is 5.39. The molecule has 116 valence electrons. The summed E-state index contributed by atoms with van der Waals surface area (Å²) < 4.78 is 19.0. The van der Waals surface area contributed by atoms with Gasteiger partial charge in [0.15, 0.2) is 0 Å². The van der Waals surface area contributed by atoms with Crippen LogP contribution in [-0.2, 0) is 11.2 Å². The van der Waals surface area contributed by atoms with Crippen LogP contribution >= 0.6 is 11.6 Å². The van der Waals surface area contributed by atoms with Gasteiger partial charge in [-0.15, -0.1) is 0 Å². The lowest BCUT2D eigenvalue weighted by atomic mass is 10.1. The van der Waals surface area contributed by atoms with E-state index in [0.29, 0.717) is 16.3 Å². The fourth-order valence-corrected chi connectivity index (χ4v) is 2.39. The van der Waals surface area contributed by atoms with Gasteiger partial charge >= 0.3 is 0 Å². The monoisotopic (exact) mass is 321 g/mol. The number of rotatable bonds is 5. The topological polar surface area (TPSA) is 38.3 Å². The number of methoxy groups -OCH3 is 1. The predicted octanol–water partition coefficient (Wildman–Crippen LogP) is 3.91. The van der Waals surface area contributed by atoms with Crippen LogP contribution in [0.25, 0.3) is 0 Å². The summed E-state index contributed by atoms with van der Waals surface area (Å²) in [6, 6.07) is 11.5. The highest BCUT2D eigenvalue weighted by Gasteiger charge is 2.15. The van der Waals surface area contributed by atoms with Gasteiger partial charge in [-0.1, -0.05) is 35.9 Å². The van der Waals surface area contributed by atoms with Gasteiger partial charge in [0.2, 0.25) is 5.91 Å². The Bertz CT molecular complexity index is 675. The van der Waals surface area contributed by atoms with Crippen molar-refractivity contribution in [2.24, 2.45) is 0 Å². The van der Waals surface area contributed by atoms with Crippen molar-refractivity contribution in [3.05, 3.63) is 64.4 Å². The number of hydrogen-bond acceptors (Lipinski definition) is 2. The van der Waals surface area contributed by atoms with Gasteiger partial charge in [-0.25, -0.2) is 4.39 Å². The highest BCUT2D eigenvalue weighted by Crippen LogP contribution is 2.24. The molecule has 22 heavy (non-hydrogen) atoms. The number of para-hydroxylation sites is 1. The lowest BCUT2D eigenvalue weighted by Crippen LogP contribution is -2.28. The summed E-state index contributed by atoms with van der Waals surface area (Å²) in [4.78, 5) is 12.1. The second-order valence-corrected chi connectivity index (χ2v) is 5.38. The summed E-state index contributed by atoms with van der Waals surface area (Å²) in [6.07, 6.45) is -0.0392. The van der Waals surface area contributed by atoms with Crippen molar-refractivity contribution >= 4 is 17.5 Å². The highest BCUT2D eigenvalue weighted by atomic mass is 35.5. The smallest absolute Gasteiger partial charge is 0.225 e. The van der Waals surface area contributed by atoms with Gasteiger partial charge < -0.3 is 10.1 Å². The van der Waals surface area contributed by atoms with Crippen molar-refractivity contribution in [3.63, 3.8) is 0 Å². The summed E-state index contributed by atoms with van der Waals surface area (Å²) in [5, 5.41) is 3.15. The van der Waals surface area contributed by atoms with Crippen molar-refractivity contribution in [1.82, 2.24) is 5.32 Å². The normalized spacial score (nSPS) is 11.8. The molecule has 0 aliphatic heterocycles. The van der Waals surface area contributed by atoms with Gasteiger partial charge in [0.25, 0.3) is 0 Å². The van der Waals surface area contributed by atoms with Gasteiger partial charge in [-0.2, -0.15) is 0 Å². The lowest BCUT2D eigenvalue weighted by Gasteiger charge is -2.17. The molecule has 0 radical (unpaired) electrons. The van der Waals surface area contributed by atoms with Crippen LogP contribution in [0.5, 0.6) is 5.75 Å². The lowest BCUT2D eigenvalue weighted by molar-refractivity contribution is -0.121. The van der Waals surface area contributed by atoms with E-state index in [2.05, 4.69) is 5.32 Å². The quantitative estimate of drug-likeness (QED) is 0.906. The maximum absolute atomic E-state index is 13.7. The van der Waals surface area contributed by atoms with Gasteiger partial charge in [-0.05, 0) is 30.7 Å². The standard InChI is InChI=1S/C17H17ClFNO2/c1-11(14-5-3-4-6-16(14)22-2)20-17(21)9-12-7-8-13(18)10-15(12)19/h3-8,10-11H,9H2,1-2H3,(H,20,21)/t11-/m0/s1. The van der Waals surface area contributed by atoms with Crippen LogP contribution in [0, 0.1) is 5.82 Å². The first-order valence-corrected chi connectivity index (χ1v) is 7.25. The molecule has 0 heterocycles. The number of carbonyl (C=O) groups is 1. The molecule has 1 atom stereocenters. The molecule has 0 aromatic heterocycles. The second kappa shape index (κ2) is 7.27. The Labute approximate surface area is 134 Å². The number of amides is 1. The van der Waals surface area contributed by atoms with E-state index in [4.69, 9.17) is 16.3 Å². The van der Waals surface area contributed by atoms with Crippen molar-refractivity contribution in [3.8, 4) is 5.75 Å². The van der Waals surface area contributed by atoms with E-state index < -0.39 is 5.82 Å². The van der Waals surface area contributed by atoms with Crippen LogP contribution in [0.15, 0.2) is 42.5 Å². The van der Waals surface area contributed by atoms with E-state index >= 15 is 0 Å². The maximum Gasteiger partial charge on any atom is 0.225 e. The minimum absolute atomic E-state index is 0.0392. The Morgan fingerprint density at radius 1 is 1.32 bits per heavy atom. The summed E-state index contributed by atoms with van der Waals surface area (Å²) >= 11 is 5.70. The number of carbonyl (C=O) groups excluding carboxylic acids is 1. The molecule has 0 saturated heterocycles. The number of nitrogens with one attached hydrogen (secondary N) is 1. The van der Waals surface area contributed by atoms with Gasteiger partial charge in [0, 0.05) is 10.6 Å². The summed E-state index contributed by atoms with van der Waals surface area (Å²) in [7, 11) is 1.58. The first kappa shape index (κ1) is 16.3. The van der Waals surface area contributed by atoms with Crippen LogP contribution in [0.4, 0.5) is 4.39 Å². The Balaban J connectivity index is 2.05. The minimum Gasteiger partial charge on any atom is -0.496 e. The maximum atomic E-state index is 13.7. The third kappa shape index (κ3) is 3.98. The van der Waals surface area contributed by atoms with E-state index in [0.717, 1.165) is 5.56 Å².